The molecule has 0 saturated heterocycles. The van der Waals surface area contributed by atoms with E-state index in [-0.39, 0.29) is 5.41 Å². The van der Waals surface area contributed by atoms with Crippen molar-refractivity contribution in [2.45, 2.75) is 33.1 Å². The van der Waals surface area contributed by atoms with E-state index in [9.17, 15) is 0 Å². The molecular formula is C35H32N+. The third kappa shape index (κ3) is 3.42. The summed E-state index contributed by atoms with van der Waals surface area (Å²) in [5.74, 6) is 0. The molecule has 0 N–H and O–H groups in total. The van der Waals surface area contributed by atoms with Gasteiger partial charge in [0.15, 0.2) is 0 Å². The van der Waals surface area contributed by atoms with Crippen LogP contribution >= 0.6 is 0 Å². The van der Waals surface area contributed by atoms with Crippen molar-refractivity contribution >= 4 is 0 Å². The maximum atomic E-state index is 2.42. The lowest BCUT2D eigenvalue weighted by Gasteiger charge is -2.22. The summed E-state index contributed by atoms with van der Waals surface area (Å²) < 4.78 is 2.35. The highest BCUT2D eigenvalue weighted by atomic mass is 14.9. The van der Waals surface area contributed by atoms with Gasteiger partial charge in [0.05, 0.1) is 0 Å². The normalized spacial score (nSPS) is 13.4. The van der Waals surface area contributed by atoms with Gasteiger partial charge in [-0.05, 0) is 76.6 Å². The summed E-state index contributed by atoms with van der Waals surface area (Å²) >= 11 is 0. The van der Waals surface area contributed by atoms with Crippen molar-refractivity contribution in [1.82, 2.24) is 0 Å². The zero-order valence-electron chi connectivity index (χ0n) is 21.8. The summed E-state index contributed by atoms with van der Waals surface area (Å²) in [7, 11) is 2.19. The van der Waals surface area contributed by atoms with Gasteiger partial charge >= 0.3 is 0 Å². The second kappa shape index (κ2) is 8.31. The van der Waals surface area contributed by atoms with Gasteiger partial charge in [-0.15, -0.1) is 0 Å². The first-order chi connectivity index (χ1) is 17.4. The molecule has 1 aromatic heterocycles. The van der Waals surface area contributed by atoms with Crippen molar-refractivity contribution in [3.63, 3.8) is 0 Å². The summed E-state index contributed by atoms with van der Waals surface area (Å²) in [6.45, 7) is 9.10. The van der Waals surface area contributed by atoms with Gasteiger partial charge in [-0.1, -0.05) is 86.6 Å². The number of aryl methyl sites for hydroxylation is 2. The smallest absolute Gasteiger partial charge is 0.194 e. The third-order valence-electron chi connectivity index (χ3n) is 8.07. The molecule has 0 radical (unpaired) electrons. The number of rotatable bonds is 3. The second-order valence-corrected chi connectivity index (χ2v) is 10.6. The number of nitrogens with zero attached hydrogens (tertiary/aromatic N) is 1. The molecule has 6 rings (SSSR count). The molecule has 0 fully saturated rings. The van der Waals surface area contributed by atoms with E-state index in [0.29, 0.717) is 0 Å². The largest absolute Gasteiger partial charge is 0.213 e. The van der Waals surface area contributed by atoms with Crippen molar-refractivity contribution in [2.75, 3.05) is 0 Å². The van der Waals surface area contributed by atoms with Gasteiger partial charge in [0.25, 0.3) is 0 Å². The fourth-order valence-corrected chi connectivity index (χ4v) is 5.95. The molecule has 0 amide bonds. The first-order valence-electron chi connectivity index (χ1n) is 12.8. The number of benzene rings is 4. The molecule has 0 bridgehead atoms. The minimum Gasteiger partial charge on any atom is -0.194 e. The van der Waals surface area contributed by atoms with Crippen LogP contribution in [-0.2, 0) is 12.5 Å². The molecule has 176 valence electrons. The van der Waals surface area contributed by atoms with E-state index in [0.717, 1.165) is 0 Å². The van der Waals surface area contributed by atoms with E-state index in [1.54, 1.807) is 0 Å². The van der Waals surface area contributed by atoms with Gasteiger partial charge in [0.2, 0.25) is 11.4 Å². The summed E-state index contributed by atoms with van der Waals surface area (Å²) in [5, 5.41) is 0. The summed E-state index contributed by atoms with van der Waals surface area (Å²) in [5.41, 5.74) is 15.6. The van der Waals surface area contributed by atoms with Crippen LogP contribution in [0.25, 0.3) is 44.8 Å². The molecule has 1 aliphatic carbocycles. The Hall–Kier alpha value is -3.97. The highest BCUT2D eigenvalue weighted by Gasteiger charge is 2.35. The van der Waals surface area contributed by atoms with E-state index < -0.39 is 0 Å². The molecule has 0 saturated carbocycles. The number of pyridine rings is 1. The molecule has 1 heterocycles. The minimum atomic E-state index is -0.0148. The molecule has 0 aliphatic heterocycles. The first kappa shape index (κ1) is 22.5. The van der Waals surface area contributed by atoms with Gasteiger partial charge in [-0.3, -0.25) is 0 Å². The average molecular weight is 467 g/mol. The molecule has 0 unspecified atom stereocenters. The van der Waals surface area contributed by atoms with E-state index in [1.807, 2.05) is 0 Å². The lowest BCUT2D eigenvalue weighted by molar-refractivity contribution is -0.649. The summed E-state index contributed by atoms with van der Waals surface area (Å²) in [6, 6.07) is 38.0. The molecule has 5 aromatic rings. The molecule has 0 spiro atoms. The first-order valence-corrected chi connectivity index (χ1v) is 12.8. The highest BCUT2D eigenvalue weighted by Crippen LogP contribution is 2.49. The SMILES string of the molecule is Cc1ccccc1-c1cc(-c2ccc3c(c2)C(C)(C)c2ccccc2-3)cc(-c2ccccc2C)[n+]1C. The van der Waals surface area contributed by atoms with Crippen LogP contribution in [0, 0.1) is 13.8 Å². The quantitative estimate of drug-likeness (QED) is 0.235. The van der Waals surface area contributed by atoms with Crippen LogP contribution in [0.3, 0.4) is 0 Å². The van der Waals surface area contributed by atoms with Crippen molar-refractivity contribution in [1.29, 1.82) is 0 Å². The zero-order valence-corrected chi connectivity index (χ0v) is 21.8. The lowest BCUT2D eigenvalue weighted by atomic mass is 9.81. The standard InChI is InChI=1S/C35H32N/c1-23-12-6-8-14-27(23)33-21-26(22-34(36(33)5)28-15-9-7-13-24(28)2)25-18-19-30-29-16-10-11-17-31(29)35(3,4)32(30)20-25/h6-22H,1-5H3/q+1. The van der Waals surface area contributed by atoms with Crippen LogP contribution in [0.1, 0.15) is 36.1 Å². The lowest BCUT2D eigenvalue weighted by Crippen LogP contribution is -2.34. The number of fused-ring (bicyclic) bond motifs is 3. The van der Waals surface area contributed by atoms with Crippen LogP contribution in [0.15, 0.2) is 103 Å². The minimum absolute atomic E-state index is 0.0148. The maximum absolute atomic E-state index is 2.42. The summed E-state index contributed by atoms with van der Waals surface area (Å²) in [6.07, 6.45) is 0. The van der Waals surface area contributed by atoms with E-state index in [1.165, 1.54) is 67.0 Å². The van der Waals surface area contributed by atoms with Gasteiger partial charge in [-0.2, -0.15) is 4.57 Å². The van der Waals surface area contributed by atoms with E-state index >= 15 is 0 Å². The Bertz CT molecular complexity index is 1570. The fourth-order valence-electron chi connectivity index (χ4n) is 5.95. The second-order valence-electron chi connectivity index (χ2n) is 10.6. The number of aromatic nitrogens is 1. The van der Waals surface area contributed by atoms with Crippen LogP contribution in [-0.4, -0.2) is 0 Å². The van der Waals surface area contributed by atoms with Crippen molar-refractivity contribution in [3.05, 3.63) is 125 Å². The predicted molar refractivity (Wildman–Crippen MR) is 151 cm³/mol. The van der Waals surface area contributed by atoms with Gasteiger partial charge in [-0.25, -0.2) is 0 Å². The van der Waals surface area contributed by atoms with Gasteiger partial charge < -0.3 is 0 Å². The monoisotopic (exact) mass is 466 g/mol. The van der Waals surface area contributed by atoms with E-state index in [2.05, 4.69) is 142 Å². The Morgan fingerprint density at radius 2 is 1.00 bits per heavy atom. The molecule has 1 nitrogen and oxygen atoms in total. The topological polar surface area (TPSA) is 3.88 Å². The molecule has 0 atom stereocenters. The van der Waals surface area contributed by atoms with Crippen LogP contribution in [0.5, 0.6) is 0 Å². The summed E-state index contributed by atoms with van der Waals surface area (Å²) in [4.78, 5) is 0. The van der Waals surface area contributed by atoms with Crippen molar-refractivity contribution in [3.8, 4) is 44.8 Å². The molecule has 1 aliphatic rings. The van der Waals surface area contributed by atoms with Crippen molar-refractivity contribution < 1.29 is 4.57 Å². The Morgan fingerprint density at radius 1 is 0.500 bits per heavy atom. The maximum Gasteiger partial charge on any atom is 0.213 e. The number of hydrogen-bond donors (Lipinski definition) is 0. The molecular weight excluding hydrogens is 434 g/mol. The van der Waals surface area contributed by atoms with Crippen LogP contribution in [0.4, 0.5) is 0 Å². The van der Waals surface area contributed by atoms with E-state index in [4.69, 9.17) is 0 Å². The average Bonchev–Trinajstić information content (AvgIpc) is 3.12. The predicted octanol–water partition coefficient (Wildman–Crippen LogP) is 8.44. The molecule has 4 aromatic carbocycles. The highest BCUT2D eigenvalue weighted by molar-refractivity contribution is 5.84. The Morgan fingerprint density at radius 3 is 1.58 bits per heavy atom. The van der Waals surface area contributed by atoms with Crippen LogP contribution in [0.2, 0.25) is 0 Å². The molecule has 36 heavy (non-hydrogen) atoms. The van der Waals surface area contributed by atoms with Gasteiger partial charge in [0, 0.05) is 28.7 Å². The van der Waals surface area contributed by atoms with Crippen molar-refractivity contribution in [2.24, 2.45) is 7.05 Å². The Balaban J connectivity index is 1.60. The number of hydrogen-bond acceptors (Lipinski definition) is 0. The third-order valence-corrected chi connectivity index (χ3v) is 8.07. The zero-order chi connectivity index (χ0) is 25.0. The Labute approximate surface area is 214 Å². The van der Waals surface area contributed by atoms with Gasteiger partial charge in [0.1, 0.15) is 7.05 Å². The molecule has 1 heteroatoms. The van der Waals surface area contributed by atoms with Crippen LogP contribution < -0.4 is 4.57 Å². The Kier molecular flexibility index (Phi) is 5.19. The fraction of sp³-hybridized carbons (Fsp3) is 0.171.